The molecule has 4 rings (SSSR count). The van der Waals surface area contributed by atoms with E-state index in [1.165, 1.54) is 16.5 Å². The summed E-state index contributed by atoms with van der Waals surface area (Å²) >= 11 is 1.96. The Morgan fingerprint density at radius 2 is 1.78 bits per heavy atom. The summed E-state index contributed by atoms with van der Waals surface area (Å²) in [6, 6.07) is 17.3. The highest BCUT2D eigenvalue weighted by Gasteiger charge is 2.24. The van der Waals surface area contributed by atoms with Crippen LogP contribution in [-0.2, 0) is 11.8 Å². The first kappa shape index (κ1) is 18.2. The van der Waals surface area contributed by atoms with E-state index in [2.05, 4.69) is 70.2 Å². The van der Waals surface area contributed by atoms with Crippen LogP contribution in [0.4, 0.5) is 0 Å². The van der Waals surface area contributed by atoms with Gasteiger partial charge in [-0.15, -0.1) is 0 Å². The molecular weight excluding hydrogens is 352 g/mol. The van der Waals surface area contributed by atoms with Crippen LogP contribution >= 0.6 is 11.8 Å². The first-order valence-corrected chi connectivity index (χ1v) is 10.6. The molecular formula is C24H26O2S. The van der Waals surface area contributed by atoms with Gasteiger partial charge in [0, 0.05) is 22.4 Å². The van der Waals surface area contributed by atoms with Crippen LogP contribution in [0.3, 0.4) is 0 Å². The SMILES string of the molecule is CCSC(C)c1ccc2cc(CC(C)(C)c3ccc4occc4c3)oc2c1. The predicted molar refractivity (Wildman–Crippen MR) is 116 cm³/mol. The molecule has 0 amide bonds. The molecule has 2 heterocycles. The van der Waals surface area contributed by atoms with Gasteiger partial charge >= 0.3 is 0 Å². The largest absolute Gasteiger partial charge is 0.464 e. The molecule has 0 bridgehead atoms. The third-order valence-corrected chi connectivity index (χ3v) is 6.44. The second-order valence-corrected chi connectivity index (χ2v) is 9.46. The molecule has 0 aliphatic rings. The average Bonchev–Trinajstić information content (AvgIpc) is 3.25. The maximum atomic E-state index is 6.24. The van der Waals surface area contributed by atoms with Crippen LogP contribution in [0.2, 0.25) is 0 Å². The number of furan rings is 2. The van der Waals surface area contributed by atoms with E-state index in [-0.39, 0.29) is 5.41 Å². The third kappa shape index (κ3) is 3.66. The lowest BCUT2D eigenvalue weighted by molar-refractivity contribution is 0.447. The van der Waals surface area contributed by atoms with Crippen molar-refractivity contribution in [3.05, 3.63) is 71.7 Å². The highest BCUT2D eigenvalue weighted by Crippen LogP contribution is 2.34. The molecule has 3 heteroatoms. The Bertz CT molecular complexity index is 1070. The smallest absolute Gasteiger partial charge is 0.134 e. The molecule has 0 fully saturated rings. The molecule has 2 aromatic heterocycles. The molecule has 1 atom stereocenters. The Labute approximate surface area is 164 Å². The molecule has 0 radical (unpaired) electrons. The van der Waals surface area contributed by atoms with E-state index in [1.54, 1.807) is 6.26 Å². The fraction of sp³-hybridized carbons (Fsp3) is 0.333. The zero-order valence-electron chi connectivity index (χ0n) is 16.4. The van der Waals surface area contributed by atoms with Crippen molar-refractivity contribution < 1.29 is 8.83 Å². The zero-order chi connectivity index (χ0) is 19.0. The maximum Gasteiger partial charge on any atom is 0.134 e. The molecule has 0 spiro atoms. The lowest BCUT2D eigenvalue weighted by Crippen LogP contribution is -2.20. The number of fused-ring (bicyclic) bond motifs is 2. The van der Waals surface area contributed by atoms with Gasteiger partial charge < -0.3 is 8.83 Å². The molecule has 0 saturated heterocycles. The zero-order valence-corrected chi connectivity index (χ0v) is 17.2. The van der Waals surface area contributed by atoms with Gasteiger partial charge in [-0.05, 0) is 59.6 Å². The Balaban J connectivity index is 1.61. The highest BCUT2D eigenvalue weighted by molar-refractivity contribution is 7.99. The van der Waals surface area contributed by atoms with Gasteiger partial charge in [-0.3, -0.25) is 0 Å². The van der Waals surface area contributed by atoms with Crippen LogP contribution < -0.4 is 0 Å². The van der Waals surface area contributed by atoms with Crippen LogP contribution in [0.15, 0.2) is 63.6 Å². The lowest BCUT2D eigenvalue weighted by Gasteiger charge is -2.24. The molecule has 4 aromatic rings. The number of thioether (sulfide) groups is 1. The van der Waals surface area contributed by atoms with Crippen molar-refractivity contribution in [1.29, 1.82) is 0 Å². The topological polar surface area (TPSA) is 26.3 Å². The van der Waals surface area contributed by atoms with Gasteiger partial charge in [0.05, 0.1) is 6.26 Å². The summed E-state index contributed by atoms with van der Waals surface area (Å²) in [5.41, 5.74) is 4.54. The first-order valence-electron chi connectivity index (χ1n) is 9.58. The van der Waals surface area contributed by atoms with E-state index in [0.717, 1.165) is 34.5 Å². The molecule has 27 heavy (non-hydrogen) atoms. The second kappa shape index (κ2) is 7.12. The highest BCUT2D eigenvalue weighted by atomic mass is 32.2. The molecule has 0 aliphatic heterocycles. The van der Waals surface area contributed by atoms with Crippen LogP contribution in [0.1, 0.15) is 49.8 Å². The monoisotopic (exact) mass is 378 g/mol. The van der Waals surface area contributed by atoms with Gasteiger partial charge in [-0.2, -0.15) is 11.8 Å². The molecule has 140 valence electrons. The van der Waals surface area contributed by atoms with E-state index in [4.69, 9.17) is 8.83 Å². The van der Waals surface area contributed by atoms with Crippen molar-refractivity contribution in [2.45, 2.75) is 44.8 Å². The van der Waals surface area contributed by atoms with Crippen LogP contribution in [-0.4, -0.2) is 5.75 Å². The third-order valence-electron chi connectivity index (χ3n) is 5.33. The summed E-state index contributed by atoms with van der Waals surface area (Å²) in [6.07, 6.45) is 2.61. The van der Waals surface area contributed by atoms with E-state index < -0.39 is 0 Å². The molecule has 0 aliphatic carbocycles. The van der Waals surface area contributed by atoms with Crippen molar-refractivity contribution in [2.24, 2.45) is 0 Å². The number of hydrogen-bond acceptors (Lipinski definition) is 3. The van der Waals surface area contributed by atoms with Gasteiger partial charge in [0.15, 0.2) is 0 Å². The summed E-state index contributed by atoms with van der Waals surface area (Å²) in [7, 11) is 0. The Kier molecular flexibility index (Phi) is 4.81. The van der Waals surface area contributed by atoms with E-state index >= 15 is 0 Å². The summed E-state index contributed by atoms with van der Waals surface area (Å²) in [5, 5.41) is 2.83. The fourth-order valence-electron chi connectivity index (χ4n) is 3.71. The summed E-state index contributed by atoms with van der Waals surface area (Å²) in [6.45, 7) is 9.00. The average molecular weight is 379 g/mol. The van der Waals surface area contributed by atoms with Crippen molar-refractivity contribution in [2.75, 3.05) is 5.75 Å². The van der Waals surface area contributed by atoms with Gasteiger partial charge in [-0.1, -0.05) is 39.0 Å². The van der Waals surface area contributed by atoms with Crippen molar-refractivity contribution in [1.82, 2.24) is 0 Å². The number of rotatable bonds is 6. The second-order valence-electron chi connectivity index (χ2n) is 7.84. The van der Waals surface area contributed by atoms with Gasteiger partial charge in [0.2, 0.25) is 0 Å². The van der Waals surface area contributed by atoms with Gasteiger partial charge in [0.25, 0.3) is 0 Å². The van der Waals surface area contributed by atoms with E-state index in [1.807, 2.05) is 17.8 Å². The standard InChI is InChI=1S/C24H26O2S/c1-5-27-16(2)17-6-7-18-13-21(26-23(18)14-17)15-24(3,4)20-8-9-22-19(12-20)10-11-25-22/h6-14,16H,5,15H2,1-4H3. The van der Waals surface area contributed by atoms with Crippen LogP contribution in [0, 0.1) is 0 Å². The minimum absolute atomic E-state index is 0.0203. The predicted octanol–water partition coefficient (Wildman–Crippen LogP) is 7.51. The quantitative estimate of drug-likeness (QED) is 0.347. The van der Waals surface area contributed by atoms with Gasteiger partial charge in [0.1, 0.15) is 16.9 Å². The van der Waals surface area contributed by atoms with E-state index in [0.29, 0.717) is 5.25 Å². The minimum atomic E-state index is -0.0203. The van der Waals surface area contributed by atoms with Crippen LogP contribution in [0.25, 0.3) is 21.9 Å². The van der Waals surface area contributed by atoms with E-state index in [9.17, 15) is 0 Å². The van der Waals surface area contributed by atoms with Crippen molar-refractivity contribution in [3.63, 3.8) is 0 Å². The van der Waals surface area contributed by atoms with Gasteiger partial charge in [-0.25, -0.2) is 0 Å². The maximum absolute atomic E-state index is 6.24. The Morgan fingerprint density at radius 3 is 2.59 bits per heavy atom. The molecule has 2 nitrogen and oxygen atoms in total. The summed E-state index contributed by atoms with van der Waals surface area (Å²) in [4.78, 5) is 0. The molecule has 2 aromatic carbocycles. The molecule has 0 N–H and O–H groups in total. The molecule has 1 unspecified atom stereocenters. The minimum Gasteiger partial charge on any atom is -0.464 e. The normalized spacial score (nSPS) is 13.5. The fourth-order valence-corrected chi connectivity index (χ4v) is 4.55. The van der Waals surface area contributed by atoms with Crippen molar-refractivity contribution in [3.8, 4) is 0 Å². The Hall–Kier alpha value is -2.13. The lowest BCUT2D eigenvalue weighted by atomic mass is 9.80. The Morgan fingerprint density at radius 1 is 0.963 bits per heavy atom. The molecule has 0 saturated carbocycles. The number of hydrogen-bond donors (Lipinski definition) is 0. The first-order chi connectivity index (χ1) is 13.0. The van der Waals surface area contributed by atoms with Crippen LogP contribution in [0.5, 0.6) is 0 Å². The summed E-state index contributed by atoms with van der Waals surface area (Å²) < 4.78 is 11.7. The number of benzene rings is 2. The van der Waals surface area contributed by atoms with Crippen molar-refractivity contribution >= 4 is 33.7 Å². The summed E-state index contributed by atoms with van der Waals surface area (Å²) in [5.74, 6) is 2.16.